The molecule has 0 aliphatic rings. The van der Waals surface area contributed by atoms with Crippen LogP contribution in [0, 0.1) is 0 Å². The molecule has 44 heavy (non-hydrogen) atoms. The summed E-state index contributed by atoms with van der Waals surface area (Å²) in [5.41, 5.74) is 4.92. The highest BCUT2D eigenvalue weighted by molar-refractivity contribution is 6.31. The topological polar surface area (TPSA) is 127 Å². The van der Waals surface area contributed by atoms with Crippen molar-refractivity contribution < 1.29 is 24.5 Å². The van der Waals surface area contributed by atoms with Gasteiger partial charge in [0.05, 0.1) is 36.3 Å². The van der Waals surface area contributed by atoms with Crippen LogP contribution in [0.2, 0.25) is 5.02 Å². The zero-order valence-electron chi connectivity index (χ0n) is 25.7. The lowest BCUT2D eigenvalue weighted by atomic mass is 10.1. The van der Waals surface area contributed by atoms with Gasteiger partial charge >= 0.3 is 0 Å². The molecule has 236 valence electrons. The van der Waals surface area contributed by atoms with Gasteiger partial charge < -0.3 is 25.2 Å². The first-order valence-electron chi connectivity index (χ1n) is 14.5. The maximum absolute atomic E-state index is 13.2. The first kappa shape index (κ1) is 34.7. The molecule has 0 aliphatic carbocycles. The molecule has 0 spiro atoms. The Hall–Kier alpha value is -3.80. The van der Waals surface area contributed by atoms with Crippen LogP contribution in [-0.4, -0.2) is 90.6 Å². The van der Waals surface area contributed by atoms with Gasteiger partial charge in [0.25, 0.3) is 11.8 Å². The molecule has 3 aromatic rings. The second-order valence-electron chi connectivity index (χ2n) is 11.0. The van der Waals surface area contributed by atoms with E-state index >= 15 is 0 Å². The van der Waals surface area contributed by atoms with E-state index < -0.39 is 24.0 Å². The Kier molecular flexibility index (Phi) is 13.8. The van der Waals surface area contributed by atoms with Crippen molar-refractivity contribution in [3.05, 3.63) is 94.0 Å². The monoisotopic (exact) mass is 623 g/mol. The molecule has 0 bridgehead atoms. The number of aliphatic hydroxyl groups is 2. The van der Waals surface area contributed by atoms with E-state index in [1.54, 1.807) is 44.2 Å². The predicted octanol–water partition coefficient (Wildman–Crippen LogP) is 4.25. The van der Waals surface area contributed by atoms with Gasteiger partial charge in [-0.25, -0.2) is 5.43 Å². The van der Waals surface area contributed by atoms with Crippen molar-refractivity contribution >= 4 is 35.3 Å². The third kappa shape index (κ3) is 12.1. The number of hydrazone groups is 1. The Bertz CT molecular complexity index is 1390. The molecule has 0 saturated carbocycles. The van der Waals surface area contributed by atoms with Crippen molar-refractivity contribution in [2.24, 2.45) is 5.10 Å². The number of carbonyl (C=O) groups is 2. The fraction of sp³-hybridized carbons (Fsp3) is 0.364. The lowest BCUT2D eigenvalue weighted by molar-refractivity contribution is 0.0793. The van der Waals surface area contributed by atoms with Gasteiger partial charge in [0.2, 0.25) is 0 Å². The Balaban J connectivity index is 1.63. The summed E-state index contributed by atoms with van der Waals surface area (Å²) in [6.07, 6.45) is 1.31. The van der Waals surface area contributed by atoms with Crippen molar-refractivity contribution in [2.75, 3.05) is 45.7 Å². The van der Waals surface area contributed by atoms with Crippen LogP contribution in [0.25, 0.3) is 0 Å². The van der Waals surface area contributed by atoms with E-state index in [9.17, 15) is 19.8 Å². The number of carbonyl (C=O) groups excluding carboxylic acids is 2. The average molecular weight is 624 g/mol. The number of rotatable bonds is 16. The summed E-state index contributed by atoms with van der Waals surface area (Å²) < 4.78 is 5.74. The molecule has 2 amide bonds. The molecule has 10 nitrogen and oxygen atoms in total. The number of hydrogen-bond donors (Lipinski definition) is 4. The average Bonchev–Trinajstić information content (AvgIpc) is 2.96. The van der Waals surface area contributed by atoms with Gasteiger partial charge in [0.1, 0.15) is 5.75 Å². The number of anilines is 1. The number of benzene rings is 3. The third-order valence-electron chi connectivity index (χ3n) is 6.39. The highest BCUT2D eigenvalue weighted by Crippen LogP contribution is 2.22. The van der Waals surface area contributed by atoms with Crippen LogP contribution in [-0.2, 0) is 6.54 Å². The zero-order chi connectivity index (χ0) is 32.1. The van der Waals surface area contributed by atoms with Gasteiger partial charge in [-0.05, 0) is 100 Å². The highest BCUT2D eigenvalue weighted by Gasteiger charge is 2.17. The first-order chi connectivity index (χ1) is 21.0. The number of nitrogens with one attached hydrogen (secondary N) is 2. The molecule has 3 rings (SSSR count). The molecular formula is C33H42ClN5O5. The second kappa shape index (κ2) is 17.5. The van der Waals surface area contributed by atoms with Gasteiger partial charge in [-0.1, -0.05) is 23.7 Å². The maximum Gasteiger partial charge on any atom is 0.273 e. The van der Waals surface area contributed by atoms with Crippen LogP contribution < -0.4 is 15.5 Å². The van der Waals surface area contributed by atoms with Crippen molar-refractivity contribution in [3.8, 4) is 5.75 Å². The lowest BCUT2D eigenvalue weighted by Gasteiger charge is -2.25. The summed E-state index contributed by atoms with van der Waals surface area (Å²) in [6, 6.07) is 19.0. The van der Waals surface area contributed by atoms with Crippen LogP contribution in [0.5, 0.6) is 5.75 Å². The SMILES string of the molecule is CC(O)CN(Cc1cccc(C(=O)Nc2ccc(Cl)cc2C(=O)N/N=C/c2ccc(OCCCN(C)C)cc2)c1)CC(C)O. The molecule has 0 saturated heterocycles. The van der Waals surface area contributed by atoms with E-state index in [4.69, 9.17) is 16.3 Å². The van der Waals surface area contributed by atoms with Crippen LogP contribution >= 0.6 is 11.6 Å². The summed E-state index contributed by atoms with van der Waals surface area (Å²) >= 11 is 6.18. The zero-order valence-corrected chi connectivity index (χ0v) is 26.4. The van der Waals surface area contributed by atoms with E-state index in [0.29, 0.717) is 36.8 Å². The molecule has 2 unspecified atom stereocenters. The highest BCUT2D eigenvalue weighted by atomic mass is 35.5. The summed E-state index contributed by atoms with van der Waals surface area (Å²) in [5.74, 6) is -0.194. The van der Waals surface area contributed by atoms with E-state index in [2.05, 4.69) is 20.7 Å². The van der Waals surface area contributed by atoms with Crippen molar-refractivity contribution in [3.63, 3.8) is 0 Å². The first-order valence-corrected chi connectivity index (χ1v) is 14.9. The second-order valence-corrected chi connectivity index (χ2v) is 11.4. The summed E-state index contributed by atoms with van der Waals surface area (Å²) in [6.45, 7) is 6.14. The largest absolute Gasteiger partial charge is 0.494 e. The molecule has 0 heterocycles. The fourth-order valence-corrected chi connectivity index (χ4v) is 4.65. The molecule has 2 atom stereocenters. The minimum atomic E-state index is -0.567. The Morgan fingerprint density at radius 3 is 2.34 bits per heavy atom. The molecule has 0 radical (unpaired) electrons. The fourth-order valence-electron chi connectivity index (χ4n) is 4.47. The number of amides is 2. The molecular weight excluding hydrogens is 582 g/mol. The number of aliphatic hydroxyl groups excluding tert-OH is 2. The van der Waals surface area contributed by atoms with E-state index in [-0.39, 0.29) is 11.3 Å². The number of hydrogen-bond acceptors (Lipinski definition) is 8. The van der Waals surface area contributed by atoms with Gasteiger partial charge in [0, 0.05) is 36.8 Å². The maximum atomic E-state index is 13.2. The molecule has 4 N–H and O–H groups in total. The van der Waals surface area contributed by atoms with E-state index in [0.717, 1.165) is 29.8 Å². The molecule has 3 aromatic carbocycles. The van der Waals surface area contributed by atoms with Crippen LogP contribution in [0.4, 0.5) is 5.69 Å². The Morgan fingerprint density at radius 2 is 1.68 bits per heavy atom. The minimum Gasteiger partial charge on any atom is -0.494 e. The number of halogens is 1. The number of nitrogens with zero attached hydrogens (tertiary/aromatic N) is 3. The standard InChI is InChI=1S/C33H42ClN5O5/c1-23(40)20-39(21-24(2)41)22-26-7-5-8-27(17-26)32(42)36-31-14-11-28(34)18-30(31)33(43)37-35-19-25-9-12-29(13-10-25)44-16-6-15-38(3)4/h5,7-14,17-19,23-24,40-41H,6,15-16,20-22H2,1-4H3,(H,36,42)(H,37,43)/b35-19+. The molecule has 0 aliphatic heterocycles. The van der Waals surface area contributed by atoms with Gasteiger partial charge in [-0.3, -0.25) is 14.5 Å². The molecule has 11 heteroatoms. The summed E-state index contributed by atoms with van der Waals surface area (Å²) in [4.78, 5) is 30.2. The summed E-state index contributed by atoms with van der Waals surface area (Å²) in [7, 11) is 4.04. The molecule has 0 fully saturated rings. The van der Waals surface area contributed by atoms with Gasteiger partial charge in [0.15, 0.2) is 0 Å². The quantitative estimate of drug-likeness (QED) is 0.107. The normalized spacial score (nSPS) is 12.8. The third-order valence-corrected chi connectivity index (χ3v) is 6.63. The van der Waals surface area contributed by atoms with Crippen LogP contribution in [0.3, 0.4) is 0 Å². The van der Waals surface area contributed by atoms with E-state index in [1.165, 1.54) is 12.3 Å². The summed E-state index contributed by atoms with van der Waals surface area (Å²) in [5, 5.41) is 26.9. The van der Waals surface area contributed by atoms with Crippen LogP contribution in [0.15, 0.2) is 71.8 Å². The van der Waals surface area contributed by atoms with E-state index in [1.807, 2.05) is 49.3 Å². The Morgan fingerprint density at radius 1 is 0.977 bits per heavy atom. The smallest absolute Gasteiger partial charge is 0.273 e. The van der Waals surface area contributed by atoms with Crippen LogP contribution in [0.1, 0.15) is 52.1 Å². The Labute approximate surface area is 264 Å². The van der Waals surface area contributed by atoms with Crippen molar-refractivity contribution in [1.29, 1.82) is 0 Å². The van der Waals surface area contributed by atoms with Crippen molar-refractivity contribution in [2.45, 2.75) is 39.0 Å². The minimum absolute atomic E-state index is 0.153. The number of ether oxygens (including phenoxy) is 1. The van der Waals surface area contributed by atoms with Gasteiger partial charge in [-0.15, -0.1) is 0 Å². The van der Waals surface area contributed by atoms with Crippen molar-refractivity contribution in [1.82, 2.24) is 15.2 Å². The molecule has 0 aromatic heterocycles. The lowest BCUT2D eigenvalue weighted by Crippen LogP contribution is -2.35. The predicted molar refractivity (Wildman–Crippen MR) is 175 cm³/mol. The van der Waals surface area contributed by atoms with Gasteiger partial charge in [-0.2, -0.15) is 5.10 Å².